The second-order valence-electron chi connectivity index (χ2n) is 2.79. The average molecular weight is 201 g/mol. The number of nitrogens with zero attached hydrogens (tertiary/aromatic N) is 1. The fourth-order valence-corrected chi connectivity index (χ4v) is 1.01. The van der Waals surface area contributed by atoms with Gasteiger partial charge in [-0.25, -0.2) is 13.8 Å². The summed E-state index contributed by atoms with van der Waals surface area (Å²) in [6, 6.07) is 1.21. The van der Waals surface area contributed by atoms with E-state index in [1.54, 1.807) is 6.92 Å². The molecule has 0 aliphatic carbocycles. The Morgan fingerprint density at radius 2 is 2.14 bits per heavy atom. The molecule has 0 fully saturated rings. The number of aryl methyl sites for hydroxylation is 1. The summed E-state index contributed by atoms with van der Waals surface area (Å²) in [6.07, 6.45) is -2.86. The number of rotatable bonds is 2. The highest BCUT2D eigenvalue weighted by molar-refractivity contribution is 5.94. The molecular weight excluding hydrogens is 192 g/mol. The lowest BCUT2D eigenvalue weighted by Crippen LogP contribution is -2.16. The molecule has 0 saturated carbocycles. The Bertz CT molecular complexity index is 379. The van der Waals surface area contributed by atoms with Gasteiger partial charge in [0.1, 0.15) is 11.5 Å². The van der Waals surface area contributed by atoms with Gasteiger partial charge < -0.3 is 11.5 Å². The first-order valence-corrected chi connectivity index (χ1v) is 3.78. The Labute approximate surface area is 78.9 Å². The lowest BCUT2D eigenvalue weighted by atomic mass is 10.1. The minimum absolute atomic E-state index is 0.0229. The number of nitrogens with two attached hydrogens (primary N) is 2. The first-order chi connectivity index (χ1) is 6.43. The third-order valence-electron chi connectivity index (χ3n) is 1.75. The number of carbonyl (C=O) groups excluding carboxylic acids is 1. The summed E-state index contributed by atoms with van der Waals surface area (Å²) in [7, 11) is 0. The molecule has 0 aromatic carbocycles. The van der Waals surface area contributed by atoms with Crippen LogP contribution in [-0.2, 0) is 0 Å². The fraction of sp³-hybridized carbons (Fsp3) is 0.250. The summed E-state index contributed by atoms with van der Waals surface area (Å²) < 4.78 is 24.7. The third kappa shape index (κ3) is 1.78. The first-order valence-electron chi connectivity index (χ1n) is 3.78. The quantitative estimate of drug-likeness (QED) is 0.749. The van der Waals surface area contributed by atoms with Gasteiger partial charge in [-0.1, -0.05) is 0 Å². The molecule has 1 heterocycles. The molecule has 1 amide bonds. The number of alkyl halides is 2. The topological polar surface area (TPSA) is 82.0 Å². The number of hydrogen-bond donors (Lipinski definition) is 2. The minimum Gasteiger partial charge on any atom is -0.383 e. The predicted molar refractivity (Wildman–Crippen MR) is 46.9 cm³/mol. The van der Waals surface area contributed by atoms with Crippen molar-refractivity contribution in [3.63, 3.8) is 0 Å². The predicted octanol–water partition coefficient (Wildman–Crippen LogP) is 1.01. The molecule has 4 nitrogen and oxygen atoms in total. The van der Waals surface area contributed by atoms with Crippen molar-refractivity contribution in [1.29, 1.82) is 0 Å². The summed E-state index contributed by atoms with van der Waals surface area (Å²) in [5, 5.41) is 0. The maximum Gasteiger partial charge on any atom is 0.281 e. The number of carbonyl (C=O) groups is 1. The highest BCUT2D eigenvalue weighted by Crippen LogP contribution is 2.23. The molecule has 0 unspecified atom stereocenters. The molecule has 1 aromatic heterocycles. The van der Waals surface area contributed by atoms with E-state index in [1.165, 1.54) is 6.07 Å². The van der Waals surface area contributed by atoms with E-state index in [2.05, 4.69) is 4.98 Å². The van der Waals surface area contributed by atoms with Gasteiger partial charge in [0.15, 0.2) is 0 Å². The number of primary amides is 1. The number of amides is 1. The molecule has 76 valence electrons. The molecule has 0 bridgehead atoms. The summed E-state index contributed by atoms with van der Waals surface area (Å²) in [6.45, 7) is 1.56. The van der Waals surface area contributed by atoms with Gasteiger partial charge in [-0.15, -0.1) is 0 Å². The normalized spacial score (nSPS) is 10.6. The van der Waals surface area contributed by atoms with Crippen LogP contribution in [0.25, 0.3) is 0 Å². The van der Waals surface area contributed by atoms with E-state index in [0.717, 1.165) is 0 Å². The minimum atomic E-state index is -2.86. The van der Waals surface area contributed by atoms with Gasteiger partial charge in [0, 0.05) is 0 Å². The highest BCUT2D eigenvalue weighted by atomic mass is 19.3. The maximum absolute atomic E-state index is 12.4. The Balaban J connectivity index is 3.39. The van der Waals surface area contributed by atoms with E-state index in [9.17, 15) is 13.6 Å². The van der Waals surface area contributed by atoms with Gasteiger partial charge in [-0.2, -0.15) is 0 Å². The molecule has 1 rings (SSSR count). The molecule has 0 spiro atoms. The van der Waals surface area contributed by atoms with Crippen molar-refractivity contribution >= 4 is 11.7 Å². The molecule has 6 heteroatoms. The standard InChI is InChI=1S/C8H9F2N3O/c1-3-2-4(8(12)14)5(6(9)10)13-7(3)11/h2,6H,1H3,(H2,11,13)(H2,12,14). The lowest BCUT2D eigenvalue weighted by molar-refractivity contribution is 0.0983. The van der Waals surface area contributed by atoms with Crippen LogP contribution >= 0.6 is 0 Å². The number of aromatic nitrogens is 1. The van der Waals surface area contributed by atoms with E-state index in [0.29, 0.717) is 5.56 Å². The Kier molecular flexibility index (Phi) is 2.64. The zero-order valence-electron chi connectivity index (χ0n) is 7.42. The van der Waals surface area contributed by atoms with E-state index >= 15 is 0 Å². The largest absolute Gasteiger partial charge is 0.383 e. The van der Waals surface area contributed by atoms with E-state index < -0.39 is 18.0 Å². The third-order valence-corrected chi connectivity index (χ3v) is 1.75. The Morgan fingerprint density at radius 1 is 1.57 bits per heavy atom. The summed E-state index contributed by atoms with van der Waals surface area (Å²) in [4.78, 5) is 14.2. The van der Waals surface area contributed by atoms with Crippen molar-refractivity contribution in [2.45, 2.75) is 13.3 Å². The van der Waals surface area contributed by atoms with Crippen LogP contribution in [0.5, 0.6) is 0 Å². The Hall–Kier alpha value is -1.72. The van der Waals surface area contributed by atoms with Crippen LogP contribution in [0.15, 0.2) is 6.07 Å². The van der Waals surface area contributed by atoms with Crippen molar-refractivity contribution in [3.8, 4) is 0 Å². The summed E-state index contributed by atoms with van der Waals surface area (Å²) in [5.74, 6) is -0.957. The molecule has 0 aliphatic rings. The highest BCUT2D eigenvalue weighted by Gasteiger charge is 2.19. The molecular formula is C8H9F2N3O. The number of pyridine rings is 1. The van der Waals surface area contributed by atoms with Crippen LogP contribution in [0.3, 0.4) is 0 Å². The molecule has 0 atom stereocenters. The molecule has 0 aliphatic heterocycles. The fourth-order valence-electron chi connectivity index (χ4n) is 1.01. The SMILES string of the molecule is Cc1cc(C(N)=O)c(C(F)F)nc1N. The van der Waals surface area contributed by atoms with Gasteiger partial charge in [-0.3, -0.25) is 4.79 Å². The zero-order chi connectivity index (χ0) is 10.9. The second kappa shape index (κ2) is 3.57. The first kappa shape index (κ1) is 10.4. The Morgan fingerprint density at radius 3 is 2.57 bits per heavy atom. The van der Waals surface area contributed by atoms with Crippen molar-refractivity contribution in [2.75, 3.05) is 5.73 Å². The van der Waals surface area contributed by atoms with Crippen LogP contribution in [-0.4, -0.2) is 10.9 Å². The maximum atomic E-state index is 12.4. The van der Waals surface area contributed by atoms with E-state index in [4.69, 9.17) is 11.5 Å². The smallest absolute Gasteiger partial charge is 0.281 e. The van der Waals surface area contributed by atoms with Gasteiger partial charge in [0.2, 0.25) is 0 Å². The molecule has 0 saturated heterocycles. The average Bonchev–Trinajstić information content (AvgIpc) is 2.08. The zero-order valence-corrected chi connectivity index (χ0v) is 7.42. The van der Waals surface area contributed by atoms with Crippen LogP contribution in [0.2, 0.25) is 0 Å². The molecule has 14 heavy (non-hydrogen) atoms. The van der Waals surface area contributed by atoms with Crippen molar-refractivity contribution in [3.05, 3.63) is 22.9 Å². The van der Waals surface area contributed by atoms with Crippen LogP contribution in [0, 0.1) is 6.92 Å². The second-order valence-corrected chi connectivity index (χ2v) is 2.79. The summed E-state index contributed by atoms with van der Waals surface area (Å²) >= 11 is 0. The van der Waals surface area contributed by atoms with Gasteiger partial charge in [-0.05, 0) is 18.6 Å². The molecule has 4 N–H and O–H groups in total. The van der Waals surface area contributed by atoms with Crippen LogP contribution in [0.1, 0.15) is 28.0 Å². The van der Waals surface area contributed by atoms with Gasteiger partial charge >= 0.3 is 0 Å². The van der Waals surface area contributed by atoms with Crippen LogP contribution in [0.4, 0.5) is 14.6 Å². The summed E-state index contributed by atoms with van der Waals surface area (Å²) in [5.41, 5.74) is 9.74. The van der Waals surface area contributed by atoms with Gasteiger partial charge in [0.05, 0.1) is 5.56 Å². The van der Waals surface area contributed by atoms with Crippen molar-refractivity contribution < 1.29 is 13.6 Å². The van der Waals surface area contributed by atoms with Gasteiger partial charge in [0.25, 0.3) is 12.3 Å². The van der Waals surface area contributed by atoms with Crippen molar-refractivity contribution in [1.82, 2.24) is 4.98 Å². The van der Waals surface area contributed by atoms with Crippen LogP contribution < -0.4 is 11.5 Å². The lowest BCUT2D eigenvalue weighted by Gasteiger charge is -2.07. The monoisotopic (exact) mass is 201 g/mol. The molecule has 0 radical (unpaired) electrons. The number of anilines is 1. The van der Waals surface area contributed by atoms with Crippen molar-refractivity contribution in [2.24, 2.45) is 5.73 Å². The van der Waals surface area contributed by atoms with E-state index in [1.807, 2.05) is 0 Å². The molecule has 1 aromatic rings. The van der Waals surface area contributed by atoms with E-state index in [-0.39, 0.29) is 11.4 Å². The number of nitrogen functional groups attached to an aromatic ring is 1. The number of halogens is 2. The number of hydrogen-bond acceptors (Lipinski definition) is 3.